The largest absolute Gasteiger partial charge is 0.481 e. The maximum absolute atomic E-state index is 12.4. The van der Waals surface area contributed by atoms with E-state index >= 15 is 0 Å². The fraction of sp³-hybridized carbons (Fsp3) is 0.667. The van der Waals surface area contributed by atoms with E-state index in [0.717, 1.165) is 11.3 Å². The fourth-order valence-corrected chi connectivity index (χ4v) is 2.92. The first-order chi connectivity index (χ1) is 10.3. The molecule has 1 fully saturated rings. The highest BCUT2D eigenvalue weighted by atomic mass is 16.5. The summed E-state index contributed by atoms with van der Waals surface area (Å²) in [5, 5.41) is 16.1. The van der Waals surface area contributed by atoms with Crippen LogP contribution in [0.5, 0.6) is 0 Å². The number of carbonyl (C=O) groups is 2. The van der Waals surface area contributed by atoms with Crippen molar-refractivity contribution in [1.82, 2.24) is 15.4 Å². The van der Waals surface area contributed by atoms with Gasteiger partial charge in [-0.05, 0) is 33.6 Å². The van der Waals surface area contributed by atoms with Crippen molar-refractivity contribution in [1.29, 1.82) is 0 Å². The monoisotopic (exact) mass is 309 g/mol. The second-order valence-corrected chi connectivity index (χ2v) is 6.19. The Morgan fingerprint density at radius 2 is 2.18 bits per heavy atom. The molecule has 0 saturated carbocycles. The van der Waals surface area contributed by atoms with Crippen molar-refractivity contribution in [3.05, 3.63) is 17.0 Å². The van der Waals surface area contributed by atoms with E-state index in [1.54, 1.807) is 11.8 Å². The van der Waals surface area contributed by atoms with Gasteiger partial charge >= 0.3 is 12.0 Å². The number of rotatable bonds is 4. The topological polar surface area (TPSA) is 95.7 Å². The third-order valence-electron chi connectivity index (χ3n) is 4.42. The van der Waals surface area contributed by atoms with Crippen LogP contribution < -0.4 is 5.32 Å². The normalized spacial score (nSPS) is 22.6. The lowest BCUT2D eigenvalue weighted by Gasteiger charge is -2.24. The van der Waals surface area contributed by atoms with Crippen molar-refractivity contribution in [2.45, 2.75) is 46.6 Å². The molecule has 7 heteroatoms. The molecule has 2 N–H and O–H groups in total. The summed E-state index contributed by atoms with van der Waals surface area (Å²) in [4.78, 5) is 25.2. The van der Waals surface area contributed by atoms with Crippen LogP contribution >= 0.6 is 0 Å². The van der Waals surface area contributed by atoms with Crippen LogP contribution in [0, 0.1) is 19.3 Å². The van der Waals surface area contributed by atoms with Crippen molar-refractivity contribution in [3.63, 3.8) is 0 Å². The zero-order chi connectivity index (χ0) is 16.5. The zero-order valence-corrected chi connectivity index (χ0v) is 13.5. The molecule has 2 unspecified atom stereocenters. The van der Waals surface area contributed by atoms with E-state index in [4.69, 9.17) is 4.52 Å². The highest BCUT2D eigenvalue weighted by molar-refractivity contribution is 5.79. The molecule has 1 aliphatic heterocycles. The van der Waals surface area contributed by atoms with Crippen molar-refractivity contribution in [3.8, 4) is 0 Å². The second kappa shape index (κ2) is 5.98. The van der Waals surface area contributed by atoms with E-state index in [0.29, 0.717) is 25.1 Å². The van der Waals surface area contributed by atoms with Crippen molar-refractivity contribution < 1.29 is 19.2 Å². The molecule has 7 nitrogen and oxygen atoms in total. The van der Waals surface area contributed by atoms with Crippen LogP contribution in [0.1, 0.15) is 49.7 Å². The Balaban J connectivity index is 2.07. The van der Waals surface area contributed by atoms with Crippen LogP contribution in [0.25, 0.3) is 0 Å². The number of hydrogen-bond donors (Lipinski definition) is 2. The first-order valence-corrected chi connectivity index (χ1v) is 7.50. The third-order valence-corrected chi connectivity index (χ3v) is 4.42. The lowest BCUT2D eigenvalue weighted by Crippen LogP contribution is -2.42. The van der Waals surface area contributed by atoms with E-state index in [2.05, 4.69) is 10.5 Å². The molecule has 2 amide bonds. The number of amides is 2. The Labute approximate surface area is 129 Å². The van der Waals surface area contributed by atoms with Crippen LogP contribution in [0.3, 0.4) is 0 Å². The highest BCUT2D eigenvalue weighted by Crippen LogP contribution is 2.31. The zero-order valence-electron chi connectivity index (χ0n) is 13.5. The number of aliphatic carboxylic acids is 1. The molecule has 2 rings (SSSR count). The van der Waals surface area contributed by atoms with Crippen molar-refractivity contribution in [2.24, 2.45) is 5.41 Å². The van der Waals surface area contributed by atoms with E-state index in [1.807, 2.05) is 20.8 Å². The maximum Gasteiger partial charge on any atom is 0.317 e. The van der Waals surface area contributed by atoms with Gasteiger partial charge in [-0.25, -0.2) is 4.79 Å². The number of nitrogens with zero attached hydrogens (tertiary/aromatic N) is 2. The molecule has 0 spiro atoms. The lowest BCUT2D eigenvalue weighted by atomic mass is 9.90. The number of aromatic nitrogens is 1. The molecular formula is C15H23N3O4. The number of carbonyl (C=O) groups excluding carboxylic acids is 1. The molecule has 0 aliphatic carbocycles. The minimum Gasteiger partial charge on any atom is -0.481 e. The molecule has 122 valence electrons. The van der Waals surface area contributed by atoms with Gasteiger partial charge in [-0.15, -0.1) is 0 Å². The Morgan fingerprint density at radius 3 is 2.64 bits per heavy atom. The number of carboxylic acids is 1. The first-order valence-electron chi connectivity index (χ1n) is 7.50. The molecule has 1 aromatic heterocycles. The summed E-state index contributed by atoms with van der Waals surface area (Å²) in [6.07, 6.45) is 1.18. The molecular weight excluding hydrogens is 286 g/mol. The van der Waals surface area contributed by atoms with E-state index in [1.165, 1.54) is 0 Å². The number of nitrogens with one attached hydrogen (secondary N) is 1. The summed E-state index contributed by atoms with van der Waals surface area (Å²) in [6, 6.07) is -0.424. The molecule has 1 saturated heterocycles. The summed E-state index contributed by atoms with van der Waals surface area (Å²) >= 11 is 0. The average molecular weight is 309 g/mol. The van der Waals surface area contributed by atoms with Gasteiger partial charge in [0.25, 0.3) is 0 Å². The maximum atomic E-state index is 12.4. The molecule has 1 aromatic rings. The van der Waals surface area contributed by atoms with Crippen LogP contribution in [0.15, 0.2) is 4.52 Å². The standard InChI is InChI=1S/C15H23N3O4/c1-5-11(12-9(2)17-22-10(12)3)16-14(21)18-7-6-15(4,8-18)13(19)20/h11H,5-8H2,1-4H3,(H,16,21)(H,19,20). The fourth-order valence-electron chi connectivity index (χ4n) is 2.92. The number of likely N-dealkylation sites (tertiary alicyclic amines) is 1. The number of carboxylic acid groups (broad SMARTS) is 1. The summed E-state index contributed by atoms with van der Waals surface area (Å²) < 4.78 is 5.16. The molecule has 0 bridgehead atoms. The Kier molecular flexibility index (Phi) is 4.44. The molecule has 2 heterocycles. The van der Waals surface area contributed by atoms with Crippen molar-refractivity contribution in [2.75, 3.05) is 13.1 Å². The SMILES string of the molecule is CCC(NC(=O)N1CCC(C)(C(=O)O)C1)c1c(C)noc1C. The molecule has 0 aromatic carbocycles. The van der Waals surface area contributed by atoms with Gasteiger partial charge in [0, 0.05) is 18.7 Å². The lowest BCUT2D eigenvalue weighted by molar-refractivity contribution is -0.147. The van der Waals surface area contributed by atoms with E-state index in [-0.39, 0.29) is 18.6 Å². The van der Waals surface area contributed by atoms with Gasteiger partial charge in [0.05, 0.1) is 17.2 Å². The third kappa shape index (κ3) is 2.93. The van der Waals surface area contributed by atoms with Crippen LogP contribution in [0.2, 0.25) is 0 Å². The van der Waals surface area contributed by atoms with Gasteiger partial charge in [0.1, 0.15) is 5.76 Å². The Hall–Kier alpha value is -2.05. The minimum atomic E-state index is -0.861. The summed E-state index contributed by atoms with van der Waals surface area (Å²) in [5.74, 6) is -0.165. The van der Waals surface area contributed by atoms with Gasteiger partial charge in [0.15, 0.2) is 0 Å². The number of hydrogen-bond acceptors (Lipinski definition) is 4. The van der Waals surface area contributed by atoms with Crippen molar-refractivity contribution >= 4 is 12.0 Å². The van der Waals surface area contributed by atoms with Gasteiger partial charge in [-0.2, -0.15) is 0 Å². The molecule has 1 aliphatic rings. The predicted molar refractivity (Wildman–Crippen MR) is 79.5 cm³/mol. The van der Waals surface area contributed by atoms with Gasteiger partial charge < -0.3 is 19.8 Å². The average Bonchev–Trinajstić information content (AvgIpc) is 3.01. The summed E-state index contributed by atoms with van der Waals surface area (Å²) in [5.41, 5.74) is 0.805. The van der Waals surface area contributed by atoms with E-state index < -0.39 is 11.4 Å². The first kappa shape index (κ1) is 16.3. The smallest absolute Gasteiger partial charge is 0.317 e. The summed E-state index contributed by atoms with van der Waals surface area (Å²) in [7, 11) is 0. The molecule has 2 atom stereocenters. The van der Waals surface area contributed by atoms with Crippen LogP contribution in [0.4, 0.5) is 4.79 Å². The van der Waals surface area contributed by atoms with E-state index in [9.17, 15) is 14.7 Å². The van der Waals surface area contributed by atoms with Gasteiger partial charge in [0.2, 0.25) is 0 Å². The quantitative estimate of drug-likeness (QED) is 0.889. The van der Waals surface area contributed by atoms with Gasteiger partial charge in [-0.3, -0.25) is 4.79 Å². The predicted octanol–water partition coefficient (Wildman–Crippen LogP) is 2.25. The van der Waals surface area contributed by atoms with Gasteiger partial charge in [-0.1, -0.05) is 12.1 Å². The van der Waals surface area contributed by atoms with Crippen LogP contribution in [-0.4, -0.2) is 40.3 Å². The number of urea groups is 1. The molecule has 22 heavy (non-hydrogen) atoms. The summed E-state index contributed by atoms with van der Waals surface area (Å²) in [6.45, 7) is 7.99. The number of aryl methyl sites for hydroxylation is 2. The second-order valence-electron chi connectivity index (χ2n) is 6.19. The Bertz CT molecular complexity index is 564. The Morgan fingerprint density at radius 1 is 1.50 bits per heavy atom. The minimum absolute atomic E-state index is 0.185. The highest BCUT2D eigenvalue weighted by Gasteiger charge is 2.42. The molecule has 0 radical (unpaired) electrons. The van der Waals surface area contributed by atoms with Crippen LogP contribution in [-0.2, 0) is 4.79 Å².